The number of likely N-dealkylation sites (tertiary alicyclic amines) is 1. The number of carbonyl (C=O) groups excluding carboxylic acids is 2. The van der Waals surface area contributed by atoms with Crippen LogP contribution < -0.4 is 0 Å². The fourth-order valence-corrected chi connectivity index (χ4v) is 6.60. The van der Waals surface area contributed by atoms with Crippen LogP contribution in [0, 0.1) is 5.41 Å². The molecule has 1 fully saturated rings. The number of carbonyl (C=O) groups is 2. The number of aryl methyl sites for hydroxylation is 1. The van der Waals surface area contributed by atoms with Crippen molar-refractivity contribution in [1.82, 2.24) is 14.5 Å². The Bertz CT molecular complexity index is 1240. The van der Waals surface area contributed by atoms with E-state index in [2.05, 4.69) is 25.8 Å². The summed E-state index contributed by atoms with van der Waals surface area (Å²) in [5.74, 6) is 0.180. The van der Waals surface area contributed by atoms with Crippen molar-refractivity contribution < 1.29 is 9.59 Å². The van der Waals surface area contributed by atoms with Crippen LogP contribution in [0.25, 0.3) is 10.9 Å². The average molecular weight is 470 g/mol. The quantitative estimate of drug-likeness (QED) is 0.463. The summed E-state index contributed by atoms with van der Waals surface area (Å²) in [5.41, 5.74) is 2.17. The lowest BCUT2D eigenvalue weighted by Crippen LogP contribution is -2.46. The van der Waals surface area contributed by atoms with Crippen LogP contribution in [0.2, 0.25) is 5.02 Å². The average Bonchev–Trinajstić information content (AvgIpc) is 3.32. The summed E-state index contributed by atoms with van der Waals surface area (Å²) in [6.45, 7) is 7.74. The van der Waals surface area contributed by atoms with Crippen LogP contribution in [0.3, 0.4) is 0 Å². The number of hydrogen-bond donors (Lipinski definition) is 0. The minimum atomic E-state index is -0.0533. The molecule has 1 amide bonds. The Morgan fingerprint density at radius 2 is 1.91 bits per heavy atom. The molecule has 1 saturated heterocycles. The van der Waals surface area contributed by atoms with Gasteiger partial charge in [0.25, 0.3) is 5.91 Å². The van der Waals surface area contributed by atoms with E-state index in [4.69, 9.17) is 11.6 Å². The maximum atomic E-state index is 13.3. The molecule has 5 rings (SSSR count). The first-order chi connectivity index (χ1) is 15.1. The van der Waals surface area contributed by atoms with E-state index in [-0.39, 0.29) is 22.5 Å². The van der Waals surface area contributed by atoms with Gasteiger partial charge in [-0.3, -0.25) is 9.59 Å². The van der Waals surface area contributed by atoms with Gasteiger partial charge in [-0.25, -0.2) is 4.98 Å². The third kappa shape index (κ3) is 3.57. The lowest BCUT2D eigenvalue weighted by molar-refractivity contribution is 0.0522. The number of Topliss-reactive ketones (excluding diaryl/α,β-unsaturated/α-hetero) is 1. The molecule has 0 radical (unpaired) electrons. The molecule has 1 aromatic carbocycles. The van der Waals surface area contributed by atoms with Crippen LogP contribution in [0.5, 0.6) is 0 Å². The van der Waals surface area contributed by atoms with Crippen molar-refractivity contribution >= 4 is 45.5 Å². The van der Waals surface area contributed by atoms with Gasteiger partial charge in [0.05, 0.1) is 15.5 Å². The zero-order chi connectivity index (χ0) is 22.8. The summed E-state index contributed by atoms with van der Waals surface area (Å²) in [7, 11) is 1.95. The van der Waals surface area contributed by atoms with Crippen molar-refractivity contribution in [3.63, 3.8) is 0 Å². The van der Waals surface area contributed by atoms with E-state index in [0.717, 1.165) is 40.1 Å². The van der Waals surface area contributed by atoms with Gasteiger partial charge in [-0.05, 0) is 42.9 Å². The Balaban J connectivity index is 1.34. The topological polar surface area (TPSA) is 55.2 Å². The van der Waals surface area contributed by atoms with Crippen LogP contribution in [0.1, 0.15) is 70.8 Å². The molecule has 0 bridgehead atoms. The van der Waals surface area contributed by atoms with Gasteiger partial charge in [0.2, 0.25) is 0 Å². The van der Waals surface area contributed by atoms with E-state index in [0.29, 0.717) is 35.8 Å². The standard InChI is InChI=1S/C25H28ClN3O2S/c1-24(2,3)23-27-21-19(30)13-25(14-20(21)32-23)6-9-29(10-7-25)22(31)15-11-17(26)16-5-8-28(4)18(16)12-15/h5,8,11-12H,6-7,9-10,13-14H2,1-4H3. The summed E-state index contributed by atoms with van der Waals surface area (Å²) in [6.07, 6.45) is 5.06. The first-order valence-electron chi connectivity index (χ1n) is 11.1. The molecule has 0 atom stereocenters. The van der Waals surface area contributed by atoms with E-state index >= 15 is 0 Å². The van der Waals surface area contributed by atoms with E-state index in [1.807, 2.05) is 34.8 Å². The largest absolute Gasteiger partial charge is 0.350 e. The molecule has 1 aliphatic heterocycles. The Kier molecular flexibility index (Phi) is 5.02. The minimum absolute atomic E-state index is 0.0143. The Morgan fingerprint density at radius 1 is 1.19 bits per heavy atom. The number of ketones is 1. The van der Waals surface area contributed by atoms with Crippen LogP contribution in [-0.4, -0.2) is 39.2 Å². The Labute approximate surface area is 197 Å². The molecule has 0 unspecified atom stereocenters. The van der Waals surface area contributed by atoms with E-state index in [9.17, 15) is 9.59 Å². The van der Waals surface area contributed by atoms with Crippen molar-refractivity contribution in [3.05, 3.63) is 50.6 Å². The highest BCUT2D eigenvalue weighted by molar-refractivity contribution is 7.12. The summed E-state index contributed by atoms with van der Waals surface area (Å²) in [5, 5.41) is 2.60. The van der Waals surface area contributed by atoms with Crippen LogP contribution in [0.15, 0.2) is 24.4 Å². The van der Waals surface area contributed by atoms with Crippen molar-refractivity contribution in [1.29, 1.82) is 0 Å². The fourth-order valence-electron chi connectivity index (χ4n) is 5.01. The number of hydrogen-bond acceptors (Lipinski definition) is 4. The van der Waals surface area contributed by atoms with Gasteiger partial charge < -0.3 is 9.47 Å². The van der Waals surface area contributed by atoms with Gasteiger partial charge in [0.1, 0.15) is 5.69 Å². The van der Waals surface area contributed by atoms with Gasteiger partial charge in [-0.2, -0.15) is 0 Å². The van der Waals surface area contributed by atoms with Crippen LogP contribution in [0.4, 0.5) is 0 Å². The number of thiazole rings is 1. The maximum Gasteiger partial charge on any atom is 0.253 e. The number of piperidine rings is 1. The van der Waals surface area contributed by atoms with E-state index in [1.54, 1.807) is 17.4 Å². The summed E-state index contributed by atoms with van der Waals surface area (Å²) in [4.78, 5) is 33.9. The SMILES string of the molecule is Cn1ccc2c(Cl)cc(C(=O)N3CCC4(CC3)CC(=O)c3nc(C(C)(C)C)sc3C4)cc21. The second-order valence-corrected chi connectivity index (χ2v) is 11.9. The van der Waals surface area contributed by atoms with Crippen molar-refractivity contribution in [2.45, 2.75) is 51.9 Å². The van der Waals surface area contributed by atoms with Crippen molar-refractivity contribution in [3.8, 4) is 0 Å². The molecule has 7 heteroatoms. The molecule has 168 valence electrons. The highest BCUT2D eigenvalue weighted by Crippen LogP contribution is 2.46. The third-order valence-corrected chi connectivity index (χ3v) is 8.78. The second kappa shape index (κ2) is 7.42. The lowest BCUT2D eigenvalue weighted by atomic mass is 9.68. The molecule has 32 heavy (non-hydrogen) atoms. The van der Waals surface area contributed by atoms with Gasteiger partial charge >= 0.3 is 0 Å². The smallest absolute Gasteiger partial charge is 0.253 e. The highest BCUT2D eigenvalue weighted by Gasteiger charge is 2.44. The van der Waals surface area contributed by atoms with Crippen molar-refractivity contribution in [2.75, 3.05) is 13.1 Å². The minimum Gasteiger partial charge on any atom is -0.350 e. The summed E-state index contributed by atoms with van der Waals surface area (Å²) < 4.78 is 1.98. The maximum absolute atomic E-state index is 13.3. The molecule has 1 spiro atoms. The van der Waals surface area contributed by atoms with Crippen molar-refractivity contribution in [2.24, 2.45) is 12.5 Å². The number of benzene rings is 1. The zero-order valence-electron chi connectivity index (χ0n) is 19.0. The summed E-state index contributed by atoms with van der Waals surface area (Å²) in [6, 6.07) is 5.67. The molecule has 0 N–H and O–H groups in total. The monoisotopic (exact) mass is 469 g/mol. The van der Waals surface area contributed by atoms with Gasteiger partial charge in [-0.1, -0.05) is 32.4 Å². The molecule has 1 aliphatic carbocycles. The second-order valence-electron chi connectivity index (χ2n) is 10.4. The Hall–Kier alpha value is -2.18. The van der Waals surface area contributed by atoms with Crippen LogP contribution >= 0.6 is 22.9 Å². The molecule has 2 aromatic heterocycles. The predicted octanol–water partition coefficient (Wildman–Crippen LogP) is 5.64. The van der Waals surface area contributed by atoms with E-state index in [1.165, 1.54) is 0 Å². The summed E-state index contributed by atoms with van der Waals surface area (Å²) >= 11 is 8.14. The van der Waals surface area contributed by atoms with Crippen LogP contribution in [-0.2, 0) is 18.9 Å². The fraction of sp³-hybridized carbons (Fsp3) is 0.480. The van der Waals surface area contributed by atoms with E-state index < -0.39 is 0 Å². The molecule has 3 aromatic rings. The number of rotatable bonds is 1. The highest BCUT2D eigenvalue weighted by atomic mass is 35.5. The number of amides is 1. The number of nitrogens with zero attached hydrogens (tertiary/aromatic N) is 3. The van der Waals surface area contributed by atoms with Gasteiger partial charge in [-0.15, -0.1) is 11.3 Å². The normalized spacial score (nSPS) is 18.4. The number of fused-ring (bicyclic) bond motifs is 2. The first-order valence-corrected chi connectivity index (χ1v) is 12.3. The third-order valence-electron chi connectivity index (χ3n) is 6.98. The predicted molar refractivity (Wildman–Crippen MR) is 129 cm³/mol. The van der Waals surface area contributed by atoms with Gasteiger partial charge in [0.15, 0.2) is 5.78 Å². The Morgan fingerprint density at radius 3 is 2.59 bits per heavy atom. The lowest BCUT2D eigenvalue weighted by Gasteiger charge is -2.43. The number of halogens is 1. The molecular weight excluding hydrogens is 442 g/mol. The first kappa shape index (κ1) is 21.7. The molecule has 0 saturated carbocycles. The number of aromatic nitrogens is 2. The molecule has 2 aliphatic rings. The molecular formula is C25H28ClN3O2S. The zero-order valence-corrected chi connectivity index (χ0v) is 20.6. The molecule has 3 heterocycles. The molecule has 5 nitrogen and oxygen atoms in total. The van der Waals surface area contributed by atoms with Gasteiger partial charge in [0, 0.05) is 54.0 Å².